The lowest BCUT2D eigenvalue weighted by Crippen LogP contribution is -1.95. The van der Waals surface area contributed by atoms with E-state index in [2.05, 4.69) is 11.9 Å². The van der Waals surface area contributed by atoms with Gasteiger partial charge in [0.25, 0.3) is 0 Å². The third-order valence-corrected chi connectivity index (χ3v) is 3.87. The van der Waals surface area contributed by atoms with E-state index in [-0.39, 0.29) is 0 Å². The van der Waals surface area contributed by atoms with Crippen molar-refractivity contribution in [1.29, 1.82) is 0 Å². The number of hydrogen-bond donors (Lipinski definition) is 1. The number of aromatic nitrogens is 1. The lowest BCUT2D eigenvalue weighted by molar-refractivity contribution is 0.0697. The van der Waals surface area contributed by atoms with Crippen LogP contribution in [0, 0.1) is 6.92 Å². The molecule has 0 saturated heterocycles. The van der Waals surface area contributed by atoms with Crippen molar-refractivity contribution in [3.63, 3.8) is 0 Å². The van der Waals surface area contributed by atoms with E-state index < -0.39 is 5.97 Å². The Labute approximate surface area is 104 Å². The average molecular weight is 247 g/mol. The predicted molar refractivity (Wildman–Crippen MR) is 68.6 cm³/mol. The first-order valence-electron chi connectivity index (χ1n) is 5.42. The monoisotopic (exact) mass is 247 g/mol. The first-order valence-corrected chi connectivity index (χ1v) is 6.23. The maximum atomic E-state index is 10.9. The summed E-state index contributed by atoms with van der Waals surface area (Å²) in [6.07, 6.45) is 0.907. The molecule has 0 saturated carbocycles. The molecular formula is C13H13NO2S. The second-order valence-corrected chi connectivity index (χ2v) is 4.85. The zero-order chi connectivity index (χ0) is 12.4. The molecule has 17 heavy (non-hydrogen) atoms. The van der Waals surface area contributed by atoms with Crippen LogP contribution in [0.15, 0.2) is 24.3 Å². The fraction of sp³-hybridized carbons (Fsp3) is 0.231. The van der Waals surface area contributed by atoms with Crippen molar-refractivity contribution in [3.8, 4) is 10.4 Å². The number of hydrogen-bond acceptors (Lipinski definition) is 3. The van der Waals surface area contributed by atoms with Gasteiger partial charge in [0.1, 0.15) is 0 Å². The van der Waals surface area contributed by atoms with Gasteiger partial charge >= 0.3 is 5.97 Å². The summed E-state index contributed by atoms with van der Waals surface area (Å²) in [5, 5.41) is 10.0. The number of nitrogens with zero attached hydrogens (tertiary/aromatic N) is 1. The minimum absolute atomic E-state index is 0.313. The maximum absolute atomic E-state index is 10.9. The van der Waals surface area contributed by atoms with Gasteiger partial charge in [0, 0.05) is 0 Å². The van der Waals surface area contributed by atoms with Gasteiger partial charge in [0.2, 0.25) is 0 Å². The van der Waals surface area contributed by atoms with E-state index in [1.165, 1.54) is 0 Å². The molecule has 0 aliphatic carbocycles. The first-order chi connectivity index (χ1) is 8.11. The quantitative estimate of drug-likeness (QED) is 0.904. The van der Waals surface area contributed by atoms with E-state index in [4.69, 9.17) is 5.11 Å². The molecule has 0 unspecified atom stereocenters. The van der Waals surface area contributed by atoms with E-state index in [0.29, 0.717) is 5.56 Å². The van der Waals surface area contributed by atoms with Gasteiger partial charge in [-0.15, -0.1) is 11.3 Å². The molecule has 0 fully saturated rings. The average Bonchev–Trinajstić information content (AvgIpc) is 2.71. The molecule has 0 bridgehead atoms. The summed E-state index contributed by atoms with van der Waals surface area (Å²) in [5.74, 6) is -0.898. The highest BCUT2D eigenvalue weighted by Gasteiger charge is 2.10. The van der Waals surface area contributed by atoms with Crippen LogP contribution < -0.4 is 0 Å². The molecule has 0 amide bonds. The number of benzene rings is 1. The third-order valence-electron chi connectivity index (χ3n) is 2.52. The molecule has 1 aromatic heterocycles. The normalized spacial score (nSPS) is 10.5. The van der Waals surface area contributed by atoms with Crippen molar-refractivity contribution in [2.75, 3.05) is 0 Å². The van der Waals surface area contributed by atoms with E-state index >= 15 is 0 Å². The Morgan fingerprint density at radius 1 is 1.47 bits per heavy atom. The van der Waals surface area contributed by atoms with Crippen molar-refractivity contribution in [1.82, 2.24) is 4.98 Å². The molecule has 88 valence electrons. The Bertz CT molecular complexity index is 560. The largest absolute Gasteiger partial charge is 0.478 e. The highest BCUT2D eigenvalue weighted by Crippen LogP contribution is 2.30. The van der Waals surface area contributed by atoms with E-state index in [1.54, 1.807) is 29.5 Å². The molecule has 0 aliphatic heterocycles. The molecule has 3 nitrogen and oxygen atoms in total. The summed E-state index contributed by atoms with van der Waals surface area (Å²) in [5.41, 5.74) is 2.21. The van der Waals surface area contributed by atoms with Crippen LogP contribution in [0.4, 0.5) is 0 Å². The lowest BCUT2D eigenvalue weighted by atomic mass is 10.1. The predicted octanol–water partition coefficient (Wildman–Crippen LogP) is 3.38. The second-order valence-electron chi connectivity index (χ2n) is 3.76. The molecule has 2 aromatic rings. The highest BCUT2D eigenvalue weighted by atomic mass is 32.1. The molecule has 0 spiro atoms. The fourth-order valence-corrected chi connectivity index (χ4v) is 2.67. The Kier molecular flexibility index (Phi) is 3.24. The van der Waals surface area contributed by atoms with Crippen molar-refractivity contribution < 1.29 is 9.90 Å². The van der Waals surface area contributed by atoms with Crippen LogP contribution in [0.5, 0.6) is 0 Å². The Hall–Kier alpha value is -1.68. The van der Waals surface area contributed by atoms with Gasteiger partial charge in [-0.3, -0.25) is 0 Å². The molecule has 0 atom stereocenters. The van der Waals surface area contributed by atoms with E-state index in [1.807, 2.05) is 13.0 Å². The molecule has 0 radical (unpaired) electrons. The van der Waals surface area contributed by atoms with Crippen LogP contribution in [-0.4, -0.2) is 16.1 Å². The fourth-order valence-electron chi connectivity index (χ4n) is 1.66. The van der Waals surface area contributed by atoms with Gasteiger partial charge in [-0.2, -0.15) is 0 Å². The zero-order valence-corrected chi connectivity index (χ0v) is 10.5. The third kappa shape index (κ3) is 2.36. The van der Waals surface area contributed by atoms with Crippen molar-refractivity contribution in [2.24, 2.45) is 0 Å². The van der Waals surface area contributed by atoms with Crippen LogP contribution in [0.1, 0.15) is 28.0 Å². The van der Waals surface area contributed by atoms with Crippen LogP contribution in [-0.2, 0) is 6.42 Å². The zero-order valence-electron chi connectivity index (χ0n) is 9.73. The van der Waals surface area contributed by atoms with Gasteiger partial charge in [-0.1, -0.05) is 19.1 Å². The SMILES string of the molecule is CCc1nc(C)c(-c2cccc(C(=O)O)c2)s1. The summed E-state index contributed by atoms with van der Waals surface area (Å²) < 4.78 is 0. The molecule has 0 aliphatic rings. The number of aryl methyl sites for hydroxylation is 2. The van der Waals surface area contributed by atoms with Gasteiger partial charge in [-0.05, 0) is 31.0 Å². The summed E-state index contributed by atoms with van der Waals surface area (Å²) in [7, 11) is 0. The lowest BCUT2D eigenvalue weighted by Gasteiger charge is -2.00. The minimum Gasteiger partial charge on any atom is -0.478 e. The second kappa shape index (κ2) is 4.67. The molecule has 1 N–H and O–H groups in total. The van der Waals surface area contributed by atoms with E-state index in [9.17, 15) is 4.79 Å². The molecule has 1 aromatic carbocycles. The number of carbonyl (C=O) groups is 1. The van der Waals surface area contributed by atoms with Crippen molar-refractivity contribution in [2.45, 2.75) is 20.3 Å². The smallest absolute Gasteiger partial charge is 0.335 e. The summed E-state index contributed by atoms with van der Waals surface area (Å²) in [6, 6.07) is 6.99. The summed E-state index contributed by atoms with van der Waals surface area (Å²) in [6.45, 7) is 4.02. The minimum atomic E-state index is -0.898. The number of thiazole rings is 1. The van der Waals surface area contributed by atoms with Crippen molar-refractivity contribution in [3.05, 3.63) is 40.5 Å². The maximum Gasteiger partial charge on any atom is 0.335 e. The van der Waals surface area contributed by atoms with Gasteiger partial charge in [0.15, 0.2) is 0 Å². The topological polar surface area (TPSA) is 50.2 Å². The summed E-state index contributed by atoms with van der Waals surface area (Å²) >= 11 is 1.63. The van der Waals surface area contributed by atoms with Gasteiger partial charge in [0.05, 0.1) is 21.1 Å². The van der Waals surface area contributed by atoms with E-state index in [0.717, 1.165) is 27.6 Å². The van der Waals surface area contributed by atoms with Crippen molar-refractivity contribution >= 4 is 17.3 Å². The number of carboxylic acid groups (broad SMARTS) is 1. The molecular weight excluding hydrogens is 234 g/mol. The Morgan fingerprint density at radius 2 is 2.24 bits per heavy atom. The van der Waals surface area contributed by atoms with Gasteiger partial charge < -0.3 is 5.11 Å². The summed E-state index contributed by atoms with van der Waals surface area (Å²) in [4.78, 5) is 16.4. The van der Waals surface area contributed by atoms with Crippen LogP contribution >= 0.6 is 11.3 Å². The van der Waals surface area contributed by atoms with Crippen LogP contribution in [0.25, 0.3) is 10.4 Å². The molecule has 4 heteroatoms. The van der Waals surface area contributed by atoms with Crippen LogP contribution in [0.2, 0.25) is 0 Å². The Morgan fingerprint density at radius 3 is 2.82 bits per heavy atom. The highest BCUT2D eigenvalue weighted by molar-refractivity contribution is 7.15. The van der Waals surface area contributed by atoms with Gasteiger partial charge in [-0.25, -0.2) is 9.78 Å². The standard InChI is InChI=1S/C13H13NO2S/c1-3-11-14-8(2)12(17-11)9-5-4-6-10(7-9)13(15)16/h4-7H,3H2,1-2H3,(H,15,16). The molecule has 1 heterocycles. The number of carboxylic acids is 1. The van der Waals surface area contributed by atoms with Crippen LogP contribution in [0.3, 0.4) is 0 Å². The molecule has 2 rings (SSSR count). The first kappa shape index (κ1) is 11.8. The Balaban J connectivity index is 2.48. The number of aromatic carboxylic acids is 1. The number of rotatable bonds is 3.